The molecule has 1 aliphatic rings. The van der Waals surface area contributed by atoms with Gasteiger partial charge in [0.15, 0.2) is 0 Å². The van der Waals surface area contributed by atoms with Crippen LogP contribution in [0.2, 0.25) is 5.02 Å². The Kier molecular flexibility index (Phi) is 5.43. The molecular weight excluding hydrogens is 456 g/mol. The minimum Gasteiger partial charge on any atom is -0.263 e. The quantitative estimate of drug-likeness (QED) is 0.389. The lowest BCUT2D eigenvalue weighted by Gasteiger charge is -2.16. The summed E-state index contributed by atoms with van der Waals surface area (Å²) in [5.41, 5.74) is 1.31. The average Bonchev–Trinajstić information content (AvgIpc) is 3.10. The summed E-state index contributed by atoms with van der Waals surface area (Å²) >= 11 is 6.15. The van der Waals surface area contributed by atoms with E-state index in [4.69, 9.17) is 11.6 Å². The van der Waals surface area contributed by atoms with Gasteiger partial charge in [-0.25, -0.2) is 13.4 Å². The monoisotopic (exact) mass is 470 g/mol. The first-order chi connectivity index (χ1) is 14.5. The molecule has 1 heterocycles. The van der Waals surface area contributed by atoms with Gasteiger partial charge in [-0.15, -0.1) is 0 Å². The van der Waals surface area contributed by atoms with Crippen LogP contribution in [-0.4, -0.2) is 13.4 Å². The Morgan fingerprint density at radius 1 is 1.03 bits per heavy atom. The fraction of sp³-hybridized carbons (Fsp3) is 0.190. The Labute approximate surface area is 180 Å². The van der Waals surface area contributed by atoms with Gasteiger partial charge in [-0.2, -0.15) is 17.6 Å². The summed E-state index contributed by atoms with van der Waals surface area (Å²) in [4.78, 5) is 3.47. The molecule has 1 aromatic heterocycles. The fourth-order valence-electron chi connectivity index (χ4n) is 3.73. The van der Waals surface area contributed by atoms with Crippen LogP contribution in [0.15, 0.2) is 59.5 Å². The molecule has 0 saturated carbocycles. The lowest BCUT2D eigenvalue weighted by atomic mass is 9.92. The SMILES string of the molecule is O=S(=O)(Nc1cccc(F)n1)c1ccc2c(c1)CCC2c1ccc(C(F)(F)F)cc1Cl. The van der Waals surface area contributed by atoms with E-state index < -0.39 is 27.7 Å². The molecule has 0 saturated heterocycles. The molecular formula is C21H15ClF4N2O2S. The van der Waals surface area contributed by atoms with E-state index in [-0.39, 0.29) is 21.7 Å². The third-order valence-electron chi connectivity index (χ3n) is 5.16. The molecule has 2 aromatic carbocycles. The number of pyridine rings is 1. The number of anilines is 1. The van der Waals surface area contributed by atoms with Crippen LogP contribution in [0.3, 0.4) is 0 Å². The number of hydrogen-bond acceptors (Lipinski definition) is 3. The highest BCUT2D eigenvalue weighted by Gasteiger charge is 2.33. The molecule has 162 valence electrons. The number of hydrogen-bond donors (Lipinski definition) is 1. The molecule has 0 bridgehead atoms. The number of fused-ring (bicyclic) bond motifs is 1. The van der Waals surface area contributed by atoms with Crippen molar-refractivity contribution in [2.24, 2.45) is 0 Å². The first-order valence-corrected chi connectivity index (χ1v) is 11.1. The Bertz CT molecular complexity index is 1260. The molecule has 10 heteroatoms. The van der Waals surface area contributed by atoms with Gasteiger partial charge in [0.05, 0.1) is 10.5 Å². The zero-order chi connectivity index (χ0) is 22.4. The standard InChI is InChI=1S/C21H15ClF4N2O2S/c22-18-11-13(21(24,25)26)5-8-17(18)16-7-4-12-10-14(6-9-15(12)16)31(29,30)28-20-3-1-2-19(23)27-20/h1-3,5-6,8-11,16H,4,7H2,(H,27,28). The van der Waals surface area contributed by atoms with Crippen LogP contribution >= 0.6 is 11.6 Å². The number of nitrogens with one attached hydrogen (secondary N) is 1. The molecule has 4 rings (SSSR count). The number of nitrogens with zero attached hydrogens (tertiary/aromatic N) is 1. The van der Waals surface area contributed by atoms with Crippen LogP contribution in [0.1, 0.15) is 34.6 Å². The van der Waals surface area contributed by atoms with Gasteiger partial charge in [-0.1, -0.05) is 29.8 Å². The van der Waals surface area contributed by atoms with Crippen molar-refractivity contribution in [2.75, 3.05) is 4.72 Å². The number of benzene rings is 2. The molecule has 4 nitrogen and oxygen atoms in total. The first kappa shape index (κ1) is 21.6. The Hall–Kier alpha value is -2.65. The van der Waals surface area contributed by atoms with E-state index in [1.165, 1.54) is 30.3 Å². The summed E-state index contributed by atoms with van der Waals surface area (Å²) in [5.74, 6) is -1.19. The highest BCUT2D eigenvalue weighted by molar-refractivity contribution is 7.92. The van der Waals surface area contributed by atoms with E-state index in [0.29, 0.717) is 18.4 Å². The largest absolute Gasteiger partial charge is 0.416 e. The lowest BCUT2D eigenvalue weighted by Crippen LogP contribution is -2.14. The van der Waals surface area contributed by atoms with E-state index in [0.717, 1.165) is 29.3 Å². The van der Waals surface area contributed by atoms with Crippen LogP contribution in [0.5, 0.6) is 0 Å². The van der Waals surface area contributed by atoms with E-state index >= 15 is 0 Å². The van der Waals surface area contributed by atoms with E-state index in [1.807, 2.05) is 0 Å². The summed E-state index contributed by atoms with van der Waals surface area (Å²) in [6, 6.07) is 11.6. The summed E-state index contributed by atoms with van der Waals surface area (Å²) in [6.07, 6.45) is -3.36. The van der Waals surface area contributed by atoms with Crippen LogP contribution in [0.25, 0.3) is 0 Å². The topological polar surface area (TPSA) is 59.1 Å². The minimum atomic E-state index is -4.48. The van der Waals surface area contributed by atoms with Crippen molar-refractivity contribution < 1.29 is 26.0 Å². The highest BCUT2D eigenvalue weighted by atomic mass is 35.5. The number of sulfonamides is 1. The number of aromatic nitrogens is 1. The third-order valence-corrected chi connectivity index (χ3v) is 6.84. The van der Waals surface area contributed by atoms with Crippen molar-refractivity contribution in [3.05, 3.63) is 87.8 Å². The molecule has 1 N–H and O–H groups in total. The van der Waals surface area contributed by atoms with Gasteiger partial charge >= 0.3 is 6.18 Å². The molecule has 0 amide bonds. The fourth-order valence-corrected chi connectivity index (χ4v) is 5.10. The molecule has 3 aromatic rings. The van der Waals surface area contributed by atoms with Crippen LogP contribution < -0.4 is 4.72 Å². The van der Waals surface area contributed by atoms with Gasteiger partial charge in [0.1, 0.15) is 5.82 Å². The Morgan fingerprint density at radius 3 is 2.45 bits per heavy atom. The van der Waals surface area contributed by atoms with E-state index in [9.17, 15) is 26.0 Å². The van der Waals surface area contributed by atoms with Crippen LogP contribution in [-0.2, 0) is 22.6 Å². The number of alkyl halides is 3. The summed E-state index contributed by atoms with van der Waals surface area (Å²) in [5, 5.41) is 0.0169. The smallest absolute Gasteiger partial charge is 0.263 e. The molecule has 1 aliphatic carbocycles. The average molecular weight is 471 g/mol. The molecule has 1 unspecified atom stereocenters. The first-order valence-electron chi connectivity index (χ1n) is 9.19. The molecule has 0 radical (unpaired) electrons. The van der Waals surface area contributed by atoms with Crippen molar-refractivity contribution in [1.82, 2.24) is 4.98 Å². The van der Waals surface area contributed by atoms with Crippen LogP contribution in [0, 0.1) is 5.95 Å². The van der Waals surface area contributed by atoms with Crippen molar-refractivity contribution >= 4 is 27.4 Å². The van der Waals surface area contributed by atoms with Gasteiger partial charge in [0, 0.05) is 10.9 Å². The van der Waals surface area contributed by atoms with Gasteiger partial charge in [-0.3, -0.25) is 4.72 Å². The number of halogens is 5. The third kappa shape index (κ3) is 4.38. The van der Waals surface area contributed by atoms with Crippen molar-refractivity contribution in [3.63, 3.8) is 0 Å². The predicted molar refractivity (Wildman–Crippen MR) is 108 cm³/mol. The Morgan fingerprint density at radius 2 is 1.77 bits per heavy atom. The summed E-state index contributed by atoms with van der Waals surface area (Å²) in [7, 11) is -3.99. The van der Waals surface area contributed by atoms with Gasteiger partial charge in [0.25, 0.3) is 10.0 Å². The normalized spacial score (nSPS) is 16.2. The maximum Gasteiger partial charge on any atom is 0.416 e. The number of rotatable bonds is 4. The van der Waals surface area contributed by atoms with Crippen molar-refractivity contribution in [1.29, 1.82) is 0 Å². The van der Waals surface area contributed by atoms with Gasteiger partial charge < -0.3 is 0 Å². The van der Waals surface area contributed by atoms with Gasteiger partial charge in [0.2, 0.25) is 5.95 Å². The lowest BCUT2D eigenvalue weighted by molar-refractivity contribution is -0.137. The van der Waals surface area contributed by atoms with Crippen molar-refractivity contribution in [3.8, 4) is 0 Å². The van der Waals surface area contributed by atoms with Crippen LogP contribution in [0.4, 0.5) is 23.4 Å². The molecule has 0 fully saturated rings. The minimum absolute atomic E-state index is 0.0169. The highest BCUT2D eigenvalue weighted by Crippen LogP contribution is 2.43. The maximum atomic E-state index is 13.2. The zero-order valence-electron chi connectivity index (χ0n) is 15.7. The predicted octanol–water partition coefficient (Wildman–Crippen LogP) is 5.77. The molecule has 31 heavy (non-hydrogen) atoms. The summed E-state index contributed by atoms with van der Waals surface area (Å²) < 4.78 is 79.5. The number of aryl methyl sites for hydroxylation is 1. The van der Waals surface area contributed by atoms with Gasteiger partial charge in [-0.05, 0) is 65.9 Å². The second kappa shape index (κ2) is 7.80. The molecule has 0 aliphatic heterocycles. The zero-order valence-corrected chi connectivity index (χ0v) is 17.3. The maximum absolute atomic E-state index is 13.2. The van der Waals surface area contributed by atoms with E-state index in [1.54, 1.807) is 6.07 Å². The van der Waals surface area contributed by atoms with Crippen molar-refractivity contribution in [2.45, 2.75) is 29.8 Å². The molecule has 1 atom stereocenters. The molecule has 0 spiro atoms. The summed E-state index contributed by atoms with van der Waals surface area (Å²) in [6.45, 7) is 0. The Balaban J connectivity index is 1.63. The second-order valence-electron chi connectivity index (χ2n) is 7.14. The van der Waals surface area contributed by atoms with E-state index in [2.05, 4.69) is 9.71 Å². The second-order valence-corrected chi connectivity index (χ2v) is 9.23.